The van der Waals surface area contributed by atoms with Crippen molar-refractivity contribution in [1.82, 2.24) is 28.7 Å². The number of para-hydroxylation sites is 9. The topological polar surface area (TPSA) is 62.2 Å². The third-order valence-corrected chi connectivity index (χ3v) is 27.1. The summed E-state index contributed by atoms with van der Waals surface area (Å²) in [6.07, 6.45) is 0. The molecule has 22 aromatic carbocycles. The van der Waals surface area contributed by atoms with Gasteiger partial charge < -0.3 is 28.7 Å². The number of benzene rings is 22. The Labute approximate surface area is 748 Å². The summed E-state index contributed by atoms with van der Waals surface area (Å²) in [4.78, 5) is 10.7. The molecule has 6 heterocycles. The summed E-state index contributed by atoms with van der Waals surface area (Å²) < 4.78 is 7.27. The van der Waals surface area contributed by atoms with E-state index in [1.807, 2.05) is 0 Å². The fourth-order valence-corrected chi connectivity index (χ4v) is 21.3. The molecular formula is C124H80N6. The van der Waals surface area contributed by atoms with E-state index in [0.29, 0.717) is 0 Å². The van der Waals surface area contributed by atoms with Crippen LogP contribution >= 0.6 is 0 Å². The van der Waals surface area contributed by atoms with Gasteiger partial charge in [-0.2, -0.15) is 0 Å². The van der Waals surface area contributed by atoms with Crippen LogP contribution in [0.15, 0.2) is 467 Å². The molecule has 0 spiro atoms. The van der Waals surface area contributed by atoms with Gasteiger partial charge in [0.1, 0.15) is 0 Å². The van der Waals surface area contributed by atoms with E-state index in [-0.39, 0.29) is 0 Å². The van der Waals surface area contributed by atoms with Crippen molar-refractivity contribution >= 4 is 174 Å². The third kappa shape index (κ3) is 12.0. The van der Waals surface area contributed by atoms with Crippen LogP contribution in [0.1, 0.15) is 0 Å². The highest BCUT2D eigenvalue weighted by Crippen LogP contribution is 2.49. The monoisotopic (exact) mass is 1650 g/mol. The predicted octanol–water partition coefficient (Wildman–Crippen LogP) is 33.9. The van der Waals surface area contributed by atoms with Crippen molar-refractivity contribution in [3.05, 3.63) is 467 Å². The molecule has 6 nitrogen and oxygen atoms in total. The first-order chi connectivity index (χ1) is 64.5. The summed E-state index contributed by atoms with van der Waals surface area (Å²) in [5.74, 6) is 0. The van der Waals surface area contributed by atoms with E-state index >= 15 is 0 Å². The Balaban J connectivity index is 0.000000103. The number of hydrogen-bond acceptors (Lipinski definition) is 0. The summed E-state index contributed by atoms with van der Waals surface area (Å²) in [6, 6.07) is 170. The van der Waals surface area contributed by atoms with Gasteiger partial charge in [-0.3, -0.25) is 0 Å². The number of aromatic amines is 3. The van der Waals surface area contributed by atoms with Crippen molar-refractivity contribution in [3.63, 3.8) is 0 Å². The first-order valence-corrected chi connectivity index (χ1v) is 44.8. The van der Waals surface area contributed by atoms with Gasteiger partial charge in [-0.25, -0.2) is 0 Å². The highest BCUT2D eigenvalue weighted by molar-refractivity contribution is 6.27. The normalized spacial score (nSPS) is 11.8. The molecule has 0 radical (unpaired) electrons. The number of fused-ring (bicyclic) bond motifs is 25. The second-order valence-corrected chi connectivity index (χ2v) is 34.3. The number of nitrogens with zero attached hydrogens (tertiary/aromatic N) is 3. The minimum absolute atomic E-state index is 1.17. The van der Waals surface area contributed by atoms with Crippen molar-refractivity contribution in [3.8, 4) is 83.8 Å². The van der Waals surface area contributed by atoms with Crippen molar-refractivity contribution in [2.75, 3.05) is 0 Å². The van der Waals surface area contributed by atoms with Crippen molar-refractivity contribution in [1.29, 1.82) is 0 Å². The van der Waals surface area contributed by atoms with E-state index in [4.69, 9.17) is 0 Å². The van der Waals surface area contributed by atoms with Crippen LogP contribution in [0.3, 0.4) is 0 Å². The maximum atomic E-state index is 3.58. The predicted molar refractivity (Wildman–Crippen MR) is 553 cm³/mol. The number of H-pyrrole nitrogens is 3. The minimum Gasteiger partial charge on any atom is -0.355 e. The van der Waals surface area contributed by atoms with E-state index in [1.165, 1.54) is 258 Å². The van der Waals surface area contributed by atoms with Gasteiger partial charge in [0.25, 0.3) is 0 Å². The van der Waals surface area contributed by atoms with E-state index in [0.717, 1.165) is 0 Å². The first-order valence-electron chi connectivity index (χ1n) is 44.8. The van der Waals surface area contributed by atoms with Crippen LogP contribution in [-0.2, 0) is 0 Å². The Kier molecular flexibility index (Phi) is 17.2. The molecule has 0 unspecified atom stereocenters. The molecule has 28 rings (SSSR count). The summed E-state index contributed by atoms with van der Waals surface area (Å²) in [7, 11) is 0. The van der Waals surface area contributed by atoms with Crippen LogP contribution in [0, 0.1) is 0 Å². The van der Waals surface area contributed by atoms with Crippen LogP contribution in [0.5, 0.6) is 0 Å². The SMILES string of the molecule is c1ccc(-n2c3ccccc3c3cc(-c4ccc(-c5ccc6[nH]c7ccccc7c6c5)c5ccccc45)c4ccccc4c32)cc1.c1ccc(-n2c3ccccc3c3cc(-c4ccc(-c5ccc6[nH]c7ccccc7c6c5)cc4)c4ccccc4c32)cc1.c1ccc(-n2c3ccccc3c3cc(-c4cccc(-c5ccc6[nH]c7ccccc7c6c5)c4)c4ccccc4c32)cc1. The van der Waals surface area contributed by atoms with Gasteiger partial charge in [0.2, 0.25) is 0 Å². The zero-order valence-electron chi connectivity index (χ0n) is 70.8. The smallest absolute Gasteiger partial charge is 0.0619 e. The lowest BCUT2D eigenvalue weighted by molar-refractivity contribution is 1.19. The Bertz CT molecular complexity index is 9420. The molecule has 0 fully saturated rings. The van der Waals surface area contributed by atoms with Crippen LogP contribution in [0.25, 0.3) is 258 Å². The summed E-state index contributed by atoms with van der Waals surface area (Å²) >= 11 is 0. The quantitative estimate of drug-likeness (QED) is 0.129. The van der Waals surface area contributed by atoms with Gasteiger partial charge >= 0.3 is 0 Å². The molecule has 0 amide bonds. The maximum absolute atomic E-state index is 3.58. The number of nitrogens with one attached hydrogen (secondary N) is 3. The molecule has 0 aliphatic rings. The molecule has 6 heteroatoms. The fourth-order valence-electron chi connectivity index (χ4n) is 21.3. The lowest BCUT2D eigenvalue weighted by Gasteiger charge is -2.16. The number of aromatic nitrogens is 6. The molecule has 3 N–H and O–H groups in total. The highest BCUT2D eigenvalue weighted by Gasteiger charge is 2.25. The van der Waals surface area contributed by atoms with Crippen molar-refractivity contribution in [2.24, 2.45) is 0 Å². The van der Waals surface area contributed by atoms with Gasteiger partial charge in [-0.05, 0) is 227 Å². The third-order valence-electron chi connectivity index (χ3n) is 27.1. The second kappa shape index (κ2) is 30.2. The van der Waals surface area contributed by atoms with E-state index in [1.54, 1.807) is 0 Å². The number of rotatable bonds is 9. The van der Waals surface area contributed by atoms with Gasteiger partial charge in [-0.1, -0.05) is 334 Å². The molecule has 28 aromatic rings. The van der Waals surface area contributed by atoms with Gasteiger partial charge in [0, 0.05) is 131 Å². The summed E-state index contributed by atoms with van der Waals surface area (Å²) in [5, 5.41) is 25.3. The minimum atomic E-state index is 1.17. The van der Waals surface area contributed by atoms with E-state index in [9.17, 15) is 0 Å². The summed E-state index contributed by atoms with van der Waals surface area (Å²) in [5.41, 5.74) is 32.8. The fraction of sp³-hybridized carbons (Fsp3) is 0. The second-order valence-electron chi connectivity index (χ2n) is 34.3. The van der Waals surface area contributed by atoms with Crippen LogP contribution in [0.2, 0.25) is 0 Å². The maximum Gasteiger partial charge on any atom is 0.0619 e. The molecule has 0 bridgehead atoms. The van der Waals surface area contributed by atoms with Crippen LogP contribution < -0.4 is 0 Å². The molecule has 0 atom stereocenters. The Hall–Kier alpha value is -17.3. The molecular weight excluding hydrogens is 1570 g/mol. The van der Waals surface area contributed by atoms with Crippen molar-refractivity contribution < 1.29 is 0 Å². The van der Waals surface area contributed by atoms with E-state index in [2.05, 4.69) is 496 Å². The molecule has 0 aliphatic heterocycles. The standard InChI is InChI=1S/C44H28N2.2C40H26N2/c1-2-12-29(13-3-1)46-43-21-11-9-18-36(43)40-27-38(33-16-6-7-19-37(33)44(40)46)34-24-23-30(31-14-4-5-15-32(31)34)28-22-25-42-39(26-28)35-17-8-10-20-41(35)45-42;1-2-13-29(14-3-1)42-39-20-9-7-17-32(39)36-25-34(30-15-4-5-18-33(30)40(36)42)28-12-10-11-26(23-28)27-21-22-38-35(24-27)31-16-6-8-19-37(31)41-38;1-2-10-29(11-3-1)42-39-17-9-7-14-32(39)36-25-34(30-12-4-5-15-33(30)40(36)42)27-20-18-26(19-21-27)28-22-23-38-35(24-28)31-13-6-8-16-37(31)41-38/h1-27,45H;2*1-25,41H. The number of hydrogen-bond donors (Lipinski definition) is 3. The molecule has 0 saturated carbocycles. The van der Waals surface area contributed by atoms with Gasteiger partial charge in [0.05, 0.1) is 33.1 Å². The van der Waals surface area contributed by atoms with Crippen LogP contribution in [0.4, 0.5) is 0 Å². The van der Waals surface area contributed by atoms with E-state index < -0.39 is 0 Å². The van der Waals surface area contributed by atoms with Crippen LogP contribution in [-0.4, -0.2) is 28.7 Å². The molecule has 130 heavy (non-hydrogen) atoms. The molecule has 6 aromatic heterocycles. The van der Waals surface area contributed by atoms with Gasteiger partial charge in [-0.15, -0.1) is 0 Å². The van der Waals surface area contributed by atoms with Crippen molar-refractivity contribution in [2.45, 2.75) is 0 Å². The molecule has 0 aliphatic carbocycles. The Morgan fingerprint density at radius 3 is 0.808 bits per heavy atom. The average Bonchev–Trinajstić information content (AvgIpc) is 1.54. The Morgan fingerprint density at radius 1 is 0.123 bits per heavy atom. The lowest BCUT2D eigenvalue weighted by Crippen LogP contribution is -1.94. The summed E-state index contributed by atoms with van der Waals surface area (Å²) in [6.45, 7) is 0. The zero-order valence-corrected chi connectivity index (χ0v) is 70.8. The lowest BCUT2D eigenvalue weighted by atomic mass is 9.89. The highest BCUT2D eigenvalue weighted by atomic mass is 15.0. The largest absolute Gasteiger partial charge is 0.355 e. The first kappa shape index (κ1) is 74.1. The Morgan fingerprint density at radius 2 is 0.385 bits per heavy atom. The zero-order chi connectivity index (χ0) is 85.4. The molecule has 606 valence electrons. The van der Waals surface area contributed by atoms with Gasteiger partial charge in [0.15, 0.2) is 0 Å². The molecule has 0 saturated heterocycles. The average molecular weight is 1650 g/mol.